The molecule has 0 heterocycles. The van der Waals surface area contributed by atoms with Crippen LogP contribution in [0.4, 0.5) is 0 Å². The predicted octanol–water partition coefficient (Wildman–Crippen LogP) is 5.25. The van der Waals surface area contributed by atoms with Gasteiger partial charge in [0.25, 0.3) is 0 Å². The zero-order valence-electron chi connectivity index (χ0n) is 22.1. The summed E-state index contributed by atoms with van der Waals surface area (Å²) < 4.78 is 27.7. The molecule has 6 nitrogen and oxygen atoms in total. The Bertz CT molecular complexity index is 803. The Balaban J connectivity index is 1.79. The van der Waals surface area contributed by atoms with Gasteiger partial charge in [-0.25, -0.2) is 0 Å². The SMILES string of the molecule is CCCCOCCOCC(O)COc1ccc(C(C)(C)c2ccc(OCC(C)COC)cc2)cc1. The zero-order valence-corrected chi connectivity index (χ0v) is 22.1. The van der Waals surface area contributed by atoms with E-state index in [-0.39, 0.29) is 18.6 Å². The molecule has 0 fully saturated rings. The molecule has 2 unspecified atom stereocenters. The Morgan fingerprint density at radius 2 is 1.29 bits per heavy atom. The Hall–Kier alpha value is -2.12. The summed E-state index contributed by atoms with van der Waals surface area (Å²) in [6.07, 6.45) is 1.50. The van der Waals surface area contributed by atoms with E-state index in [1.807, 2.05) is 24.3 Å². The van der Waals surface area contributed by atoms with Crippen LogP contribution in [-0.2, 0) is 19.6 Å². The maximum Gasteiger partial charge on any atom is 0.119 e. The smallest absolute Gasteiger partial charge is 0.119 e. The van der Waals surface area contributed by atoms with Crippen LogP contribution in [0.5, 0.6) is 11.5 Å². The fourth-order valence-corrected chi connectivity index (χ4v) is 3.60. The van der Waals surface area contributed by atoms with E-state index in [0.29, 0.717) is 32.3 Å². The van der Waals surface area contributed by atoms with Gasteiger partial charge >= 0.3 is 0 Å². The standard InChI is InChI=1S/C29H44O6/c1-6-7-16-32-17-18-33-21-26(30)22-35-28-14-10-25(11-15-28)29(3,4)24-8-12-27(13-9-24)34-20-23(2)19-31-5/h8-15,23,26,30H,6-7,16-22H2,1-5H3. The second-order valence-corrected chi connectivity index (χ2v) is 9.55. The highest BCUT2D eigenvalue weighted by Crippen LogP contribution is 2.33. The third-order valence-corrected chi connectivity index (χ3v) is 5.90. The quantitative estimate of drug-likeness (QED) is 0.289. The lowest BCUT2D eigenvalue weighted by Gasteiger charge is -2.26. The van der Waals surface area contributed by atoms with E-state index in [1.165, 1.54) is 11.1 Å². The Morgan fingerprint density at radius 1 is 0.743 bits per heavy atom. The first-order valence-corrected chi connectivity index (χ1v) is 12.7. The van der Waals surface area contributed by atoms with Crippen molar-refractivity contribution in [2.24, 2.45) is 5.92 Å². The minimum atomic E-state index is -0.681. The molecule has 2 rings (SSSR count). The number of ether oxygens (including phenoxy) is 5. The monoisotopic (exact) mass is 488 g/mol. The summed E-state index contributed by atoms with van der Waals surface area (Å²) in [4.78, 5) is 0. The molecule has 0 amide bonds. The van der Waals surface area contributed by atoms with E-state index in [9.17, 15) is 5.11 Å². The van der Waals surface area contributed by atoms with Crippen molar-refractivity contribution in [1.82, 2.24) is 0 Å². The molecule has 2 aromatic rings. The molecule has 2 aromatic carbocycles. The summed E-state index contributed by atoms with van der Waals surface area (Å²) in [5.41, 5.74) is 2.21. The number of rotatable bonds is 18. The molecular formula is C29H44O6. The summed E-state index contributed by atoms with van der Waals surface area (Å²) in [5, 5.41) is 10.1. The van der Waals surface area contributed by atoms with E-state index in [2.05, 4.69) is 52.0 Å². The van der Waals surface area contributed by atoms with Gasteiger partial charge in [-0.15, -0.1) is 0 Å². The van der Waals surface area contributed by atoms with Gasteiger partial charge in [-0.3, -0.25) is 0 Å². The highest BCUT2D eigenvalue weighted by Gasteiger charge is 2.23. The van der Waals surface area contributed by atoms with E-state index < -0.39 is 6.10 Å². The molecule has 35 heavy (non-hydrogen) atoms. The summed E-state index contributed by atoms with van der Waals surface area (Å²) >= 11 is 0. The van der Waals surface area contributed by atoms with E-state index >= 15 is 0 Å². The predicted molar refractivity (Wildman–Crippen MR) is 140 cm³/mol. The average molecular weight is 489 g/mol. The van der Waals surface area contributed by atoms with Crippen molar-refractivity contribution in [1.29, 1.82) is 0 Å². The van der Waals surface area contributed by atoms with Crippen molar-refractivity contribution in [2.45, 2.75) is 52.1 Å². The van der Waals surface area contributed by atoms with Crippen molar-refractivity contribution in [3.05, 3.63) is 59.7 Å². The van der Waals surface area contributed by atoms with E-state index in [1.54, 1.807) is 7.11 Å². The van der Waals surface area contributed by atoms with Gasteiger partial charge < -0.3 is 28.8 Å². The minimum absolute atomic E-state index is 0.174. The molecule has 0 aliphatic carbocycles. The number of aliphatic hydroxyl groups excluding tert-OH is 1. The molecule has 6 heteroatoms. The van der Waals surface area contributed by atoms with Crippen molar-refractivity contribution < 1.29 is 28.8 Å². The van der Waals surface area contributed by atoms with E-state index in [0.717, 1.165) is 30.9 Å². The van der Waals surface area contributed by atoms with Gasteiger partial charge in [0.2, 0.25) is 0 Å². The molecule has 0 saturated heterocycles. The van der Waals surface area contributed by atoms with Gasteiger partial charge in [0.1, 0.15) is 24.2 Å². The topological polar surface area (TPSA) is 66.4 Å². The molecular weight excluding hydrogens is 444 g/mol. The van der Waals surface area contributed by atoms with Crippen LogP contribution in [-0.4, -0.2) is 64.6 Å². The maximum absolute atomic E-state index is 10.1. The van der Waals surface area contributed by atoms with Crippen molar-refractivity contribution in [3.8, 4) is 11.5 Å². The number of hydrogen-bond acceptors (Lipinski definition) is 6. The molecule has 2 atom stereocenters. The van der Waals surface area contributed by atoms with Crippen LogP contribution < -0.4 is 9.47 Å². The molecule has 1 N–H and O–H groups in total. The molecule has 196 valence electrons. The number of methoxy groups -OCH3 is 1. The van der Waals surface area contributed by atoms with Crippen LogP contribution in [0.1, 0.15) is 51.7 Å². The number of aliphatic hydroxyl groups is 1. The molecule has 0 saturated carbocycles. The van der Waals surface area contributed by atoms with Crippen molar-refractivity contribution >= 4 is 0 Å². The summed E-state index contributed by atoms with van der Waals surface area (Å²) in [7, 11) is 1.71. The number of hydrogen-bond donors (Lipinski definition) is 1. The van der Waals surface area contributed by atoms with Gasteiger partial charge in [0, 0.05) is 25.0 Å². The Morgan fingerprint density at radius 3 is 1.83 bits per heavy atom. The Kier molecular flexibility index (Phi) is 13.1. The van der Waals surface area contributed by atoms with Crippen LogP contribution in [0, 0.1) is 5.92 Å². The lowest BCUT2D eigenvalue weighted by molar-refractivity contribution is -0.0111. The lowest BCUT2D eigenvalue weighted by Crippen LogP contribution is -2.24. The molecule has 0 aromatic heterocycles. The fourth-order valence-electron chi connectivity index (χ4n) is 3.60. The largest absolute Gasteiger partial charge is 0.493 e. The second kappa shape index (κ2) is 15.8. The third kappa shape index (κ3) is 10.6. The first-order valence-electron chi connectivity index (χ1n) is 12.7. The Labute approximate surface area is 211 Å². The molecule has 0 aliphatic heterocycles. The van der Waals surface area contributed by atoms with Crippen LogP contribution in [0.3, 0.4) is 0 Å². The summed E-state index contributed by atoms with van der Waals surface area (Å²) in [6, 6.07) is 16.3. The van der Waals surface area contributed by atoms with Crippen LogP contribution in [0.15, 0.2) is 48.5 Å². The average Bonchev–Trinajstić information content (AvgIpc) is 2.86. The first kappa shape index (κ1) is 29.1. The van der Waals surface area contributed by atoms with Gasteiger partial charge in [0.15, 0.2) is 0 Å². The minimum Gasteiger partial charge on any atom is -0.493 e. The molecule has 0 aliphatic rings. The fraction of sp³-hybridized carbons (Fsp3) is 0.586. The second-order valence-electron chi connectivity index (χ2n) is 9.55. The molecule has 0 spiro atoms. The summed E-state index contributed by atoms with van der Waals surface area (Å²) in [6.45, 7) is 12.2. The first-order chi connectivity index (χ1) is 16.9. The van der Waals surface area contributed by atoms with Crippen LogP contribution in [0.2, 0.25) is 0 Å². The molecule has 0 radical (unpaired) electrons. The van der Waals surface area contributed by atoms with Gasteiger partial charge in [-0.05, 0) is 41.8 Å². The third-order valence-electron chi connectivity index (χ3n) is 5.90. The number of unbranched alkanes of at least 4 members (excludes halogenated alkanes) is 1. The summed E-state index contributed by atoms with van der Waals surface area (Å²) in [5.74, 6) is 1.93. The van der Waals surface area contributed by atoms with Gasteiger partial charge in [0.05, 0.1) is 33.0 Å². The zero-order chi connectivity index (χ0) is 25.5. The van der Waals surface area contributed by atoms with Crippen LogP contribution >= 0.6 is 0 Å². The van der Waals surface area contributed by atoms with Gasteiger partial charge in [-0.1, -0.05) is 58.4 Å². The van der Waals surface area contributed by atoms with Gasteiger partial charge in [-0.2, -0.15) is 0 Å². The van der Waals surface area contributed by atoms with Crippen LogP contribution in [0.25, 0.3) is 0 Å². The highest BCUT2D eigenvalue weighted by molar-refractivity contribution is 5.41. The highest BCUT2D eigenvalue weighted by atomic mass is 16.5. The number of benzene rings is 2. The van der Waals surface area contributed by atoms with E-state index in [4.69, 9.17) is 23.7 Å². The van der Waals surface area contributed by atoms with Crippen molar-refractivity contribution in [2.75, 3.05) is 53.4 Å². The normalized spacial score (nSPS) is 13.4. The molecule has 0 bridgehead atoms. The lowest BCUT2D eigenvalue weighted by atomic mass is 9.78. The maximum atomic E-state index is 10.1. The van der Waals surface area contributed by atoms with Crippen molar-refractivity contribution in [3.63, 3.8) is 0 Å².